The quantitative estimate of drug-likeness (QED) is 0.280. The van der Waals surface area contributed by atoms with Crippen molar-refractivity contribution in [3.05, 3.63) is 0 Å². The Morgan fingerprint density at radius 1 is 0.583 bits per heavy atom. The van der Waals surface area contributed by atoms with Crippen molar-refractivity contribution in [3.8, 4) is 0 Å². The molecule has 1 aliphatic heterocycles. The standard InChI is InChI=1S/C22H44O2/c1-3-5-7-9-11-13-15-17-22(21-23-19-20-24-22)18-16-14-12-10-8-6-4-2/h3-21H2,1-2H3. The van der Waals surface area contributed by atoms with Crippen molar-refractivity contribution in [3.63, 3.8) is 0 Å². The van der Waals surface area contributed by atoms with E-state index in [1.807, 2.05) is 0 Å². The smallest absolute Gasteiger partial charge is 0.0916 e. The second kappa shape index (κ2) is 15.2. The Bertz CT molecular complexity index is 239. The van der Waals surface area contributed by atoms with Gasteiger partial charge in [-0.05, 0) is 12.8 Å². The molecule has 0 N–H and O–H groups in total. The predicted octanol–water partition coefficient (Wildman–Crippen LogP) is 7.05. The molecule has 0 atom stereocenters. The Morgan fingerprint density at radius 2 is 1.04 bits per heavy atom. The van der Waals surface area contributed by atoms with E-state index in [9.17, 15) is 0 Å². The number of hydrogen-bond acceptors (Lipinski definition) is 2. The van der Waals surface area contributed by atoms with Crippen LogP contribution in [0.2, 0.25) is 0 Å². The van der Waals surface area contributed by atoms with Crippen LogP contribution in [0.4, 0.5) is 0 Å². The van der Waals surface area contributed by atoms with E-state index in [2.05, 4.69) is 13.8 Å². The summed E-state index contributed by atoms with van der Waals surface area (Å²) in [4.78, 5) is 0. The highest BCUT2D eigenvalue weighted by atomic mass is 16.6. The van der Waals surface area contributed by atoms with Crippen molar-refractivity contribution in [1.82, 2.24) is 0 Å². The van der Waals surface area contributed by atoms with Gasteiger partial charge in [-0.3, -0.25) is 0 Å². The molecule has 1 heterocycles. The van der Waals surface area contributed by atoms with Crippen LogP contribution in [0.15, 0.2) is 0 Å². The van der Waals surface area contributed by atoms with Gasteiger partial charge in [0.1, 0.15) is 0 Å². The summed E-state index contributed by atoms with van der Waals surface area (Å²) < 4.78 is 12.0. The van der Waals surface area contributed by atoms with Gasteiger partial charge in [0.05, 0.1) is 25.4 Å². The van der Waals surface area contributed by atoms with Crippen LogP contribution in [-0.4, -0.2) is 25.4 Å². The summed E-state index contributed by atoms with van der Waals surface area (Å²) in [5.74, 6) is 0. The van der Waals surface area contributed by atoms with Gasteiger partial charge in [0.2, 0.25) is 0 Å². The molecule has 1 rings (SSSR count). The van der Waals surface area contributed by atoms with Gasteiger partial charge in [0.25, 0.3) is 0 Å². The van der Waals surface area contributed by atoms with Gasteiger partial charge in [-0.25, -0.2) is 0 Å². The lowest BCUT2D eigenvalue weighted by Crippen LogP contribution is -2.43. The summed E-state index contributed by atoms with van der Waals surface area (Å²) >= 11 is 0. The van der Waals surface area contributed by atoms with E-state index in [1.54, 1.807) is 0 Å². The summed E-state index contributed by atoms with van der Waals surface area (Å²) in [5.41, 5.74) is 0.0467. The predicted molar refractivity (Wildman–Crippen MR) is 105 cm³/mol. The molecule has 0 unspecified atom stereocenters. The van der Waals surface area contributed by atoms with Crippen LogP contribution in [0, 0.1) is 0 Å². The second-order valence-electron chi connectivity index (χ2n) is 7.83. The lowest BCUT2D eigenvalue weighted by Gasteiger charge is -2.37. The van der Waals surface area contributed by atoms with Crippen molar-refractivity contribution in [2.24, 2.45) is 0 Å². The average molecular weight is 341 g/mol. The van der Waals surface area contributed by atoms with E-state index in [1.165, 1.54) is 103 Å². The van der Waals surface area contributed by atoms with E-state index in [4.69, 9.17) is 9.47 Å². The third kappa shape index (κ3) is 10.7. The van der Waals surface area contributed by atoms with Crippen molar-refractivity contribution in [1.29, 1.82) is 0 Å². The average Bonchev–Trinajstić information content (AvgIpc) is 2.61. The first kappa shape index (κ1) is 22.0. The highest BCUT2D eigenvalue weighted by Crippen LogP contribution is 2.30. The molecule has 0 amide bonds. The summed E-state index contributed by atoms with van der Waals surface area (Å²) in [6.07, 6.45) is 21.7. The normalized spacial score (nSPS) is 17.2. The molecule has 0 bridgehead atoms. The maximum Gasteiger partial charge on any atom is 0.0916 e. The third-order valence-electron chi connectivity index (χ3n) is 5.47. The Hall–Kier alpha value is -0.0800. The molecule has 0 aromatic carbocycles. The van der Waals surface area contributed by atoms with Gasteiger partial charge in [-0.1, -0.05) is 104 Å². The Morgan fingerprint density at radius 3 is 1.46 bits per heavy atom. The molecule has 144 valence electrons. The first-order chi connectivity index (χ1) is 11.8. The van der Waals surface area contributed by atoms with Crippen LogP contribution < -0.4 is 0 Å². The minimum Gasteiger partial charge on any atom is -0.376 e. The van der Waals surface area contributed by atoms with E-state index in [-0.39, 0.29) is 5.60 Å². The van der Waals surface area contributed by atoms with Crippen molar-refractivity contribution in [2.75, 3.05) is 19.8 Å². The summed E-state index contributed by atoms with van der Waals surface area (Å²) in [6.45, 7) is 6.99. The zero-order valence-electron chi connectivity index (χ0n) is 16.8. The van der Waals surface area contributed by atoms with Gasteiger partial charge in [-0.2, -0.15) is 0 Å². The lowest BCUT2D eigenvalue weighted by atomic mass is 9.89. The van der Waals surface area contributed by atoms with Gasteiger partial charge in [0, 0.05) is 0 Å². The van der Waals surface area contributed by atoms with Crippen molar-refractivity contribution >= 4 is 0 Å². The van der Waals surface area contributed by atoms with E-state index >= 15 is 0 Å². The molecule has 24 heavy (non-hydrogen) atoms. The number of hydrogen-bond donors (Lipinski definition) is 0. The van der Waals surface area contributed by atoms with Gasteiger partial charge in [0.15, 0.2) is 0 Å². The molecule has 1 saturated heterocycles. The molecular formula is C22H44O2. The van der Waals surface area contributed by atoms with Crippen LogP contribution >= 0.6 is 0 Å². The van der Waals surface area contributed by atoms with Crippen molar-refractivity contribution in [2.45, 2.75) is 122 Å². The summed E-state index contributed by atoms with van der Waals surface area (Å²) in [5, 5.41) is 0. The lowest BCUT2D eigenvalue weighted by molar-refractivity contribution is -0.165. The number of rotatable bonds is 16. The van der Waals surface area contributed by atoms with Gasteiger partial charge >= 0.3 is 0 Å². The van der Waals surface area contributed by atoms with Crippen LogP contribution in [-0.2, 0) is 9.47 Å². The number of unbranched alkanes of at least 4 members (excludes halogenated alkanes) is 12. The highest BCUT2D eigenvalue weighted by molar-refractivity contribution is 4.83. The van der Waals surface area contributed by atoms with Crippen LogP contribution in [0.1, 0.15) is 117 Å². The zero-order valence-corrected chi connectivity index (χ0v) is 16.8. The maximum absolute atomic E-state index is 6.23. The minimum absolute atomic E-state index is 0.0467. The molecule has 2 nitrogen and oxygen atoms in total. The molecule has 0 saturated carbocycles. The largest absolute Gasteiger partial charge is 0.376 e. The highest BCUT2D eigenvalue weighted by Gasteiger charge is 2.32. The summed E-state index contributed by atoms with van der Waals surface area (Å²) in [6, 6.07) is 0. The molecule has 2 heteroatoms. The van der Waals surface area contributed by atoms with Crippen LogP contribution in [0.5, 0.6) is 0 Å². The SMILES string of the molecule is CCCCCCCCCC1(CCCCCCCCC)COCCO1. The molecule has 0 aromatic heterocycles. The Labute approximate surface area is 152 Å². The van der Waals surface area contributed by atoms with E-state index in [0.29, 0.717) is 0 Å². The fraction of sp³-hybridized carbons (Fsp3) is 1.00. The molecule has 0 radical (unpaired) electrons. The van der Waals surface area contributed by atoms with E-state index < -0.39 is 0 Å². The first-order valence-electron chi connectivity index (χ1n) is 11.0. The fourth-order valence-electron chi connectivity index (χ4n) is 3.84. The first-order valence-corrected chi connectivity index (χ1v) is 11.0. The molecule has 1 fully saturated rings. The molecule has 0 aliphatic carbocycles. The summed E-state index contributed by atoms with van der Waals surface area (Å²) in [7, 11) is 0. The fourth-order valence-corrected chi connectivity index (χ4v) is 3.84. The van der Waals surface area contributed by atoms with E-state index in [0.717, 1.165) is 19.8 Å². The topological polar surface area (TPSA) is 18.5 Å². The second-order valence-corrected chi connectivity index (χ2v) is 7.83. The van der Waals surface area contributed by atoms with Gasteiger partial charge in [-0.15, -0.1) is 0 Å². The van der Waals surface area contributed by atoms with Crippen molar-refractivity contribution < 1.29 is 9.47 Å². The number of ether oxygens (including phenoxy) is 2. The third-order valence-corrected chi connectivity index (χ3v) is 5.47. The maximum atomic E-state index is 6.23. The molecule has 1 aliphatic rings. The molecular weight excluding hydrogens is 296 g/mol. The Balaban J connectivity index is 2.12. The zero-order chi connectivity index (χ0) is 17.3. The van der Waals surface area contributed by atoms with Gasteiger partial charge < -0.3 is 9.47 Å². The van der Waals surface area contributed by atoms with Crippen LogP contribution in [0.25, 0.3) is 0 Å². The van der Waals surface area contributed by atoms with Crippen LogP contribution in [0.3, 0.4) is 0 Å². The molecule has 0 spiro atoms. The minimum atomic E-state index is 0.0467. The monoisotopic (exact) mass is 340 g/mol. The Kier molecular flexibility index (Phi) is 13.9. The molecule has 0 aromatic rings.